The number of benzene rings is 2. The average molecular weight is 338 g/mol. The Kier molecular flexibility index (Phi) is 5.03. The van der Waals surface area contributed by atoms with Gasteiger partial charge in [-0.3, -0.25) is 9.59 Å². The van der Waals surface area contributed by atoms with Crippen molar-refractivity contribution in [3.8, 4) is 0 Å². The molecule has 130 valence electrons. The lowest BCUT2D eigenvalue weighted by Gasteiger charge is -2.13. The number of carbonyl (C=O) groups excluding carboxylic acids is 2. The molecule has 0 saturated heterocycles. The van der Waals surface area contributed by atoms with Gasteiger partial charge in [0.2, 0.25) is 11.8 Å². The minimum atomic E-state index is -0.561. The molecule has 1 atom stereocenters. The molecular formula is C20H22N2O3. The Hall–Kier alpha value is -2.82. The summed E-state index contributed by atoms with van der Waals surface area (Å²) in [4.78, 5) is 24.2. The summed E-state index contributed by atoms with van der Waals surface area (Å²) in [6.07, 6.45) is 2.66. The van der Waals surface area contributed by atoms with E-state index in [-0.39, 0.29) is 18.2 Å². The smallest absolute Gasteiger partial charge is 0.242 e. The molecule has 2 amide bonds. The molecule has 0 radical (unpaired) electrons. The lowest BCUT2D eigenvalue weighted by Crippen LogP contribution is -2.45. The van der Waals surface area contributed by atoms with Gasteiger partial charge in [-0.2, -0.15) is 0 Å². The number of hydrogen-bond acceptors (Lipinski definition) is 3. The van der Waals surface area contributed by atoms with Crippen LogP contribution in [-0.2, 0) is 16.0 Å². The Morgan fingerprint density at radius 3 is 2.76 bits per heavy atom. The fourth-order valence-electron chi connectivity index (χ4n) is 2.94. The zero-order valence-electron chi connectivity index (χ0n) is 14.5. The molecule has 0 unspecified atom stereocenters. The van der Waals surface area contributed by atoms with Crippen LogP contribution in [0.4, 0.5) is 0 Å². The number of fused-ring (bicyclic) bond motifs is 3. The van der Waals surface area contributed by atoms with Gasteiger partial charge in [0.15, 0.2) is 0 Å². The molecule has 2 N–H and O–H groups in total. The molecule has 3 aromatic rings. The second kappa shape index (κ2) is 7.38. The molecule has 2 aromatic carbocycles. The molecule has 0 aliphatic rings. The topological polar surface area (TPSA) is 71.3 Å². The first kappa shape index (κ1) is 17.0. The average Bonchev–Trinajstić information content (AvgIpc) is 3.02. The van der Waals surface area contributed by atoms with Crippen LogP contribution >= 0.6 is 0 Å². The summed E-state index contributed by atoms with van der Waals surface area (Å²) in [6.45, 7) is 4.28. The molecule has 1 aromatic heterocycles. The Bertz CT molecular complexity index is 914. The quantitative estimate of drug-likeness (QED) is 0.725. The van der Waals surface area contributed by atoms with Crippen molar-refractivity contribution in [2.45, 2.75) is 32.7 Å². The fraction of sp³-hybridized carbons (Fsp3) is 0.300. The van der Waals surface area contributed by atoms with E-state index in [4.69, 9.17) is 4.42 Å². The van der Waals surface area contributed by atoms with Crippen LogP contribution in [0.5, 0.6) is 0 Å². The number of nitrogens with one attached hydrogen (secondary N) is 2. The standard InChI is InChI=1S/C20H22N2O3/c1-3-10-21-20(24)13(2)22-18(23)11-15-12-25-17-9-8-14-6-4-5-7-16(14)19(15)17/h4-9,12-13H,3,10-11H2,1-2H3,(H,21,24)(H,22,23)/t13-/m1/s1. The molecule has 5 nitrogen and oxygen atoms in total. The van der Waals surface area contributed by atoms with E-state index < -0.39 is 6.04 Å². The van der Waals surface area contributed by atoms with Gasteiger partial charge >= 0.3 is 0 Å². The first-order chi connectivity index (χ1) is 12.1. The predicted octanol–water partition coefficient (Wildman–Crippen LogP) is 3.16. The number of furan rings is 1. The van der Waals surface area contributed by atoms with Crippen molar-refractivity contribution in [3.05, 3.63) is 48.2 Å². The van der Waals surface area contributed by atoms with Crippen molar-refractivity contribution < 1.29 is 14.0 Å². The summed E-state index contributed by atoms with van der Waals surface area (Å²) in [5.41, 5.74) is 1.58. The van der Waals surface area contributed by atoms with Crippen LogP contribution in [0.1, 0.15) is 25.8 Å². The first-order valence-electron chi connectivity index (χ1n) is 8.55. The molecule has 5 heteroatoms. The summed E-state index contributed by atoms with van der Waals surface area (Å²) >= 11 is 0. The summed E-state index contributed by atoms with van der Waals surface area (Å²) in [5.74, 6) is -0.368. The van der Waals surface area contributed by atoms with Gasteiger partial charge in [-0.1, -0.05) is 37.3 Å². The second-order valence-corrected chi connectivity index (χ2v) is 6.18. The summed E-state index contributed by atoms with van der Waals surface area (Å²) in [5, 5.41) is 8.64. The molecule has 1 heterocycles. The van der Waals surface area contributed by atoms with Crippen LogP contribution in [-0.4, -0.2) is 24.4 Å². The Morgan fingerprint density at radius 1 is 1.16 bits per heavy atom. The van der Waals surface area contributed by atoms with Gasteiger partial charge in [0.25, 0.3) is 0 Å². The number of amides is 2. The Balaban J connectivity index is 1.78. The van der Waals surface area contributed by atoms with E-state index in [0.29, 0.717) is 6.54 Å². The highest BCUT2D eigenvalue weighted by atomic mass is 16.3. The summed E-state index contributed by atoms with van der Waals surface area (Å²) < 4.78 is 5.60. The van der Waals surface area contributed by atoms with Crippen LogP contribution in [0, 0.1) is 0 Å². The van der Waals surface area contributed by atoms with Gasteiger partial charge in [-0.15, -0.1) is 0 Å². The highest BCUT2D eigenvalue weighted by Gasteiger charge is 2.17. The van der Waals surface area contributed by atoms with Gasteiger partial charge in [-0.05, 0) is 30.2 Å². The minimum absolute atomic E-state index is 0.169. The van der Waals surface area contributed by atoms with Crippen LogP contribution in [0.15, 0.2) is 47.1 Å². The SMILES string of the molecule is CCCNC(=O)[C@@H](C)NC(=O)Cc1coc2ccc3ccccc3c12. The van der Waals surface area contributed by atoms with Crippen LogP contribution < -0.4 is 10.6 Å². The van der Waals surface area contributed by atoms with E-state index in [1.54, 1.807) is 13.2 Å². The maximum atomic E-state index is 12.3. The van der Waals surface area contributed by atoms with Crippen molar-refractivity contribution in [2.24, 2.45) is 0 Å². The highest BCUT2D eigenvalue weighted by molar-refractivity contribution is 6.08. The minimum Gasteiger partial charge on any atom is -0.464 e. The fourth-order valence-corrected chi connectivity index (χ4v) is 2.94. The normalized spacial score (nSPS) is 12.2. The molecule has 0 aliphatic carbocycles. The molecule has 3 rings (SSSR count). The molecular weight excluding hydrogens is 316 g/mol. The number of hydrogen-bond donors (Lipinski definition) is 2. The van der Waals surface area contributed by atoms with E-state index in [9.17, 15) is 9.59 Å². The van der Waals surface area contributed by atoms with Gasteiger partial charge in [0, 0.05) is 17.5 Å². The first-order valence-corrected chi connectivity index (χ1v) is 8.55. The van der Waals surface area contributed by atoms with Crippen LogP contribution in [0.25, 0.3) is 21.7 Å². The second-order valence-electron chi connectivity index (χ2n) is 6.18. The van der Waals surface area contributed by atoms with E-state index in [1.807, 2.05) is 43.3 Å². The Morgan fingerprint density at radius 2 is 1.96 bits per heavy atom. The van der Waals surface area contributed by atoms with Gasteiger partial charge in [-0.25, -0.2) is 0 Å². The summed E-state index contributed by atoms with van der Waals surface area (Å²) in [6, 6.07) is 11.4. The lowest BCUT2D eigenvalue weighted by atomic mass is 10.0. The van der Waals surface area contributed by atoms with Crippen molar-refractivity contribution >= 4 is 33.6 Å². The largest absolute Gasteiger partial charge is 0.464 e. The van der Waals surface area contributed by atoms with Crippen molar-refractivity contribution in [3.63, 3.8) is 0 Å². The van der Waals surface area contributed by atoms with Crippen LogP contribution in [0.3, 0.4) is 0 Å². The highest BCUT2D eigenvalue weighted by Crippen LogP contribution is 2.30. The molecule has 0 bridgehead atoms. The molecule has 0 spiro atoms. The maximum Gasteiger partial charge on any atom is 0.242 e. The number of carbonyl (C=O) groups is 2. The van der Waals surface area contributed by atoms with Crippen molar-refractivity contribution in [1.29, 1.82) is 0 Å². The van der Waals surface area contributed by atoms with Crippen LogP contribution in [0.2, 0.25) is 0 Å². The van der Waals surface area contributed by atoms with Crippen molar-refractivity contribution in [1.82, 2.24) is 10.6 Å². The Labute approximate surface area is 146 Å². The van der Waals surface area contributed by atoms with Gasteiger partial charge in [0.1, 0.15) is 11.6 Å². The third kappa shape index (κ3) is 3.65. The predicted molar refractivity (Wildman–Crippen MR) is 98.3 cm³/mol. The van der Waals surface area contributed by atoms with E-state index in [2.05, 4.69) is 10.6 Å². The molecule has 0 aliphatic heterocycles. The maximum absolute atomic E-state index is 12.3. The zero-order valence-corrected chi connectivity index (χ0v) is 14.5. The zero-order chi connectivity index (χ0) is 17.8. The molecule has 0 fully saturated rings. The number of rotatable bonds is 6. The third-order valence-corrected chi connectivity index (χ3v) is 4.21. The van der Waals surface area contributed by atoms with E-state index in [0.717, 1.165) is 33.7 Å². The van der Waals surface area contributed by atoms with Crippen molar-refractivity contribution in [2.75, 3.05) is 6.54 Å². The molecule has 25 heavy (non-hydrogen) atoms. The van der Waals surface area contributed by atoms with E-state index in [1.165, 1.54) is 0 Å². The van der Waals surface area contributed by atoms with E-state index >= 15 is 0 Å². The summed E-state index contributed by atoms with van der Waals surface area (Å²) in [7, 11) is 0. The van der Waals surface area contributed by atoms with Gasteiger partial charge < -0.3 is 15.1 Å². The molecule has 0 saturated carbocycles. The third-order valence-electron chi connectivity index (χ3n) is 4.21. The monoisotopic (exact) mass is 338 g/mol. The van der Waals surface area contributed by atoms with Gasteiger partial charge in [0.05, 0.1) is 12.7 Å². The lowest BCUT2D eigenvalue weighted by molar-refractivity contribution is -0.128.